The molecule has 1 unspecified atom stereocenters. The van der Waals surface area contributed by atoms with Crippen LogP contribution in [0, 0.1) is 0 Å². The summed E-state index contributed by atoms with van der Waals surface area (Å²) in [5, 5.41) is 2.84. The van der Waals surface area contributed by atoms with Crippen LogP contribution in [0.5, 0.6) is 5.75 Å². The van der Waals surface area contributed by atoms with Gasteiger partial charge in [-0.1, -0.05) is 19.1 Å². The quantitative estimate of drug-likeness (QED) is 0.794. The van der Waals surface area contributed by atoms with Gasteiger partial charge in [0.15, 0.2) is 6.61 Å². The molecular formula is C16H23NO3. The first kappa shape index (κ1) is 16.2. The molecule has 0 radical (unpaired) electrons. The third-order valence-electron chi connectivity index (χ3n) is 3.08. The van der Waals surface area contributed by atoms with Crippen LogP contribution < -0.4 is 10.1 Å². The van der Waals surface area contributed by atoms with Gasteiger partial charge in [0, 0.05) is 12.5 Å². The van der Waals surface area contributed by atoms with E-state index in [-0.39, 0.29) is 24.3 Å². The molecule has 0 aliphatic carbocycles. The van der Waals surface area contributed by atoms with E-state index in [1.54, 1.807) is 6.92 Å². The Morgan fingerprint density at radius 1 is 1.25 bits per heavy atom. The van der Waals surface area contributed by atoms with Crippen LogP contribution in [-0.2, 0) is 16.0 Å². The number of carbonyl (C=O) groups is 2. The van der Waals surface area contributed by atoms with E-state index in [1.807, 2.05) is 38.1 Å². The number of benzene rings is 1. The summed E-state index contributed by atoms with van der Waals surface area (Å²) in [4.78, 5) is 22.5. The van der Waals surface area contributed by atoms with Gasteiger partial charge in [-0.25, -0.2) is 0 Å². The second kappa shape index (κ2) is 8.35. The molecule has 0 aliphatic rings. The van der Waals surface area contributed by atoms with Crippen molar-refractivity contribution in [3.63, 3.8) is 0 Å². The first-order chi connectivity index (χ1) is 9.51. The van der Waals surface area contributed by atoms with Gasteiger partial charge in [0.2, 0.25) is 0 Å². The highest BCUT2D eigenvalue weighted by Crippen LogP contribution is 2.13. The lowest BCUT2D eigenvalue weighted by molar-refractivity contribution is -0.123. The maximum Gasteiger partial charge on any atom is 0.258 e. The third-order valence-corrected chi connectivity index (χ3v) is 3.08. The molecule has 0 spiro atoms. The van der Waals surface area contributed by atoms with E-state index in [4.69, 9.17) is 4.74 Å². The number of amides is 1. The van der Waals surface area contributed by atoms with Gasteiger partial charge >= 0.3 is 0 Å². The molecule has 1 N–H and O–H groups in total. The molecule has 0 heterocycles. The van der Waals surface area contributed by atoms with E-state index in [2.05, 4.69) is 5.32 Å². The Bertz CT molecular complexity index is 440. The molecule has 1 amide bonds. The normalized spacial score (nSPS) is 11.8. The Morgan fingerprint density at radius 2 is 1.90 bits per heavy atom. The van der Waals surface area contributed by atoms with Crippen molar-refractivity contribution in [1.29, 1.82) is 0 Å². The summed E-state index contributed by atoms with van der Waals surface area (Å²) in [5.41, 5.74) is 1.09. The van der Waals surface area contributed by atoms with Crippen molar-refractivity contribution in [2.75, 3.05) is 6.61 Å². The van der Waals surface area contributed by atoms with Crippen LogP contribution in [0.1, 0.15) is 39.2 Å². The average molecular weight is 277 g/mol. The predicted molar refractivity (Wildman–Crippen MR) is 78.8 cm³/mol. The molecule has 20 heavy (non-hydrogen) atoms. The number of hydrogen-bond acceptors (Lipinski definition) is 3. The lowest BCUT2D eigenvalue weighted by Crippen LogP contribution is -2.35. The van der Waals surface area contributed by atoms with E-state index in [0.717, 1.165) is 18.4 Å². The zero-order valence-electron chi connectivity index (χ0n) is 12.4. The first-order valence-corrected chi connectivity index (χ1v) is 7.01. The number of Topliss-reactive ketones (excluding diaryl/α,β-unsaturated/α-hetero) is 1. The van der Waals surface area contributed by atoms with Gasteiger partial charge < -0.3 is 14.8 Å². The molecule has 4 heteroatoms. The van der Waals surface area contributed by atoms with E-state index in [1.165, 1.54) is 0 Å². The number of aryl methyl sites for hydroxylation is 1. The monoisotopic (exact) mass is 277 g/mol. The first-order valence-electron chi connectivity index (χ1n) is 7.01. The van der Waals surface area contributed by atoms with Crippen molar-refractivity contribution < 1.29 is 14.3 Å². The SMILES string of the molecule is CCC(C)NC(=O)COc1ccc(CCC(C)=O)cc1. The van der Waals surface area contributed by atoms with Crippen molar-refractivity contribution in [2.24, 2.45) is 0 Å². The molecule has 0 saturated carbocycles. The van der Waals surface area contributed by atoms with Crippen LogP contribution in [0.2, 0.25) is 0 Å². The van der Waals surface area contributed by atoms with E-state index >= 15 is 0 Å². The van der Waals surface area contributed by atoms with Gasteiger partial charge in [0.25, 0.3) is 5.91 Å². The molecule has 0 aliphatic heterocycles. The lowest BCUT2D eigenvalue weighted by Gasteiger charge is -2.12. The molecule has 1 atom stereocenters. The van der Waals surface area contributed by atoms with Crippen LogP contribution in [-0.4, -0.2) is 24.3 Å². The predicted octanol–water partition coefficient (Wildman–Crippen LogP) is 2.50. The smallest absolute Gasteiger partial charge is 0.258 e. The van der Waals surface area contributed by atoms with Crippen molar-refractivity contribution in [3.05, 3.63) is 29.8 Å². The Hall–Kier alpha value is -1.84. The largest absolute Gasteiger partial charge is 0.484 e. The Morgan fingerprint density at radius 3 is 2.45 bits per heavy atom. The van der Waals surface area contributed by atoms with Crippen molar-refractivity contribution >= 4 is 11.7 Å². The summed E-state index contributed by atoms with van der Waals surface area (Å²) in [6.45, 7) is 5.60. The van der Waals surface area contributed by atoms with E-state index in [0.29, 0.717) is 12.2 Å². The maximum absolute atomic E-state index is 11.6. The fourth-order valence-electron chi connectivity index (χ4n) is 1.64. The van der Waals surface area contributed by atoms with Gasteiger partial charge in [-0.3, -0.25) is 4.79 Å². The highest BCUT2D eigenvalue weighted by molar-refractivity contribution is 5.77. The molecule has 0 aromatic heterocycles. The Balaban J connectivity index is 2.38. The molecular weight excluding hydrogens is 254 g/mol. The van der Waals surface area contributed by atoms with E-state index in [9.17, 15) is 9.59 Å². The highest BCUT2D eigenvalue weighted by atomic mass is 16.5. The lowest BCUT2D eigenvalue weighted by atomic mass is 10.1. The summed E-state index contributed by atoms with van der Waals surface area (Å²) in [6.07, 6.45) is 2.19. The molecule has 1 rings (SSSR count). The van der Waals surface area contributed by atoms with Crippen LogP contribution in [0.25, 0.3) is 0 Å². The number of ketones is 1. The average Bonchev–Trinajstić information content (AvgIpc) is 2.43. The summed E-state index contributed by atoms with van der Waals surface area (Å²) in [6, 6.07) is 7.66. The Kier molecular flexibility index (Phi) is 6.77. The second-order valence-corrected chi connectivity index (χ2v) is 5.01. The minimum absolute atomic E-state index is 0.0249. The summed E-state index contributed by atoms with van der Waals surface area (Å²) in [7, 11) is 0. The number of hydrogen-bond donors (Lipinski definition) is 1. The fourth-order valence-corrected chi connectivity index (χ4v) is 1.64. The molecule has 0 fully saturated rings. The summed E-state index contributed by atoms with van der Waals surface area (Å²) >= 11 is 0. The number of ether oxygens (including phenoxy) is 1. The minimum Gasteiger partial charge on any atom is -0.484 e. The molecule has 0 saturated heterocycles. The fraction of sp³-hybridized carbons (Fsp3) is 0.500. The topological polar surface area (TPSA) is 55.4 Å². The van der Waals surface area contributed by atoms with Gasteiger partial charge in [-0.05, 0) is 44.4 Å². The molecule has 110 valence electrons. The standard InChI is InChI=1S/C16H23NO3/c1-4-12(2)17-16(19)11-20-15-9-7-14(8-10-15)6-5-13(3)18/h7-10,12H,4-6,11H2,1-3H3,(H,17,19). The highest BCUT2D eigenvalue weighted by Gasteiger charge is 2.06. The molecule has 4 nitrogen and oxygen atoms in total. The van der Waals surface area contributed by atoms with Crippen LogP contribution >= 0.6 is 0 Å². The van der Waals surface area contributed by atoms with Gasteiger partial charge in [0.05, 0.1) is 0 Å². The van der Waals surface area contributed by atoms with Gasteiger partial charge in [0.1, 0.15) is 11.5 Å². The van der Waals surface area contributed by atoms with Crippen LogP contribution in [0.3, 0.4) is 0 Å². The molecule has 1 aromatic carbocycles. The number of nitrogens with one attached hydrogen (secondary N) is 1. The minimum atomic E-state index is -0.111. The van der Waals surface area contributed by atoms with Crippen molar-refractivity contribution in [1.82, 2.24) is 5.32 Å². The number of carbonyl (C=O) groups excluding carboxylic acids is 2. The molecule has 1 aromatic rings. The van der Waals surface area contributed by atoms with E-state index < -0.39 is 0 Å². The Labute approximate surface area is 120 Å². The summed E-state index contributed by atoms with van der Waals surface area (Å²) < 4.78 is 5.41. The maximum atomic E-state index is 11.6. The zero-order chi connectivity index (χ0) is 15.0. The van der Waals surface area contributed by atoms with Gasteiger partial charge in [-0.2, -0.15) is 0 Å². The zero-order valence-corrected chi connectivity index (χ0v) is 12.4. The third kappa shape index (κ3) is 6.36. The second-order valence-electron chi connectivity index (χ2n) is 5.01. The number of rotatable bonds is 8. The van der Waals surface area contributed by atoms with Crippen molar-refractivity contribution in [2.45, 2.75) is 46.1 Å². The molecule has 0 bridgehead atoms. The van der Waals surface area contributed by atoms with Gasteiger partial charge in [-0.15, -0.1) is 0 Å². The van der Waals surface area contributed by atoms with Crippen molar-refractivity contribution in [3.8, 4) is 5.75 Å². The summed E-state index contributed by atoms with van der Waals surface area (Å²) in [5.74, 6) is 0.739. The van der Waals surface area contributed by atoms with Crippen LogP contribution in [0.15, 0.2) is 24.3 Å². The van der Waals surface area contributed by atoms with Crippen LogP contribution in [0.4, 0.5) is 0 Å².